The van der Waals surface area contributed by atoms with Gasteiger partial charge in [0.2, 0.25) is 0 Å². The Morgan fingerprint density at radius 2 is 2.36 bits per heavy atom. The highest BCUT2D eigenvalue weighted by Crippen LogP contribution is 2.52. The van der Waals surface area contributed by atoms with E-state index in [1.165, 1.54) is 19.3 Å². The number of hydrogen-bond acceptors (Lipinski definition) is 2. The third-order valence-electron chi connectivity index (χ3n) is 3.79. The van der Waals surface area contributed by atoms with Crippen LogP contribution in [-0.4, -0.2) is 19.4 Å². The van der Waals surface area contributed by atoms with E-state index in [0.717, 1.165) is 12.3 Å². The van der Waals surface area contributed by atoms with Crippen molar-refractivity contribution in [2.75, 3.05) is 0 Å². The maximum Gasteiger partial charge on any atom is 0.305 e. The molecule has 3 atom stereocenters. The quantitative estimate of drug-likeness (QED) is 0.505. The lowest BCUT2D eigenvalue weighted by Gasteiger charge is -2.33. The van der Waals surface area contributed by atoms with Crippen LogP contribution in [0.1, 0.15) is 39.0 Å². The first kappa shape index (κ1) is 10.1. The van der Waals surface area contributed by atoms with Gasteiger partial charge in [-0.1, -0.05) is 6.32 Å². The Bertz CT molecular complexity index is 241. The van der Waals surface area contributed by atoms with Gasteiger partial charge < -0.3 is 4.74 Å². The second kappa shape index (κ2) is 3.60. The Morgan fingerprint density at radius 3 is 2.86 bits per heavy atom. The SMILES string of the molecule is [B]CCC(=O)OC1(C)CC2CCC1C2. The molecule has 0 saturated heterocycles. The summed E-state index contributed by atoms with van der Waals surface area (Å²) in [5.41, 5.74) is -0.171. The van der Waals surface area contributed by atoms with Crippen molar-refractivity contribution in [3.05, 3.63) is 0 Å². The molecule has 2 aliphatic carbocycles. The first-order chi connectivity index (χ1) is 6.64. The highest BCUT2D eigenvalue weighted by atomic mass is 16.6. The third-order valence-corrected chi connectivity index (χ3v) is 3.79. The average Bonchev–Trinajstić information content (AvgIpc) is 2.62. The number of esters is 1. The van der Waals surface area contributed by atoms with E-state index in [9.17, 15) is 4.79 Å². The first-order valence-electron chi connectivity index (χ1n) is 5.56. The van der Waals surface area contributed by atoms with Gasteiger partial charge in [0.25, 0.3) is 0 Å². The number of fused-ring (bicyclic) bond motifs is 2. The first-order valence-corrected chi connectivity index (χ1v) is 5.56. The second-order valence-electron chi connectivity index (χ2n) is 4.91. The zero-order valence-corrected chi connectivity index (χ0v) is 8.79. The van der Waals surface area contributed by atoms with E-state index in [1.54, 1.807) is 0 Å². The van der Waals surface area contributed by atoms with Crippen molar-refractivity contribution in [2.45, 2.75) is 50.9 Å². The maximum atomic E-state index is 11.4. The Hall–Kier alpha value is -0.465. The molecule has 0 spiro atoms. The van der Waals surface area contributed by atoms with Gasteiger partial charge in [0.1, 0.15) is 5.60 Å². The van der Waals surface area contributed by atoms with Gasteiger partial charge in [-0.2, -0.15) is 0 Å². The fourth-order valence-electron chi connectivity index (χ4n) is 3.11. The largest absolute Gasteiger partial charge is 0.459 e. The molecule has 2 saturated carbocycles. The second-order valence-corrected chi connectivity index (χ2v) is 4.91. The monoisotopic (exact) mass is 192 g/mol. The van der Waals surface area contributed by atoms with Gasteiger partial charge in [-0.05, 0) is 44.4 Å². The van der Waals surface area contributed by atoms with Crippen LogP contribution in [0.4, 0.5) is 0 Å². The van der Waals surface area contributed by atoms with Crippen molar-refractivity contribution in [3.63, 3.8) is 0 Å². The number of carbonyl (C=O) groups excluding carboxylic acids is 1. The summed E-state index contributed by atoms with van der Waals surface area (Å²) in [6.45, 7) is 2.09. The molecule has 3 unspecified atom stereocenters. The van der Waals surface area contributed by atoms with Crippen LogP contribution < -0.4 is 0 Å². The predicted octanol–water partition coefficient (Wildman–Crippen LogP) is 2.09. The van der Waals surface area contributed by atoms with Crippen LogP contribution >= 0.6 is 0 Å². The van der Waals surface area contributed by atoms with E-state index in [1.807, 2.05) is 0 Å². The number of rotatable bonds is 3. The normalized spacial score (nSPS) is 40.1. The van der Waals surface area contributed by atoms with Gasteiger partial charge in [0, 0.05) is 6.42 Å². The van der Waals surface area contributed by atoms with Gasteiger partial charge in [-0.3, -0.25) is 4.79 Å². The minimum absolute atomic E-state index is 0.123. The predicted molar refractivity (Wildman–Crippen MR) is 55.1 cm³/mol. The van der Waals surface area contributed by atoms with Crippen LogP contribution in [0.5, 0.6) is 0 Å². The van der Waals surface area contributed by atoms with E-state index in [2.05, 4.69) is 6.92 Å². The maximum absolute atomic E-state index is 11.4. The topological polar surface area (TPSA) is 26.3 Å². The Morgan fingerprint density at radius 1 is 1.57 bits per heavy atom. The Kier molecular flexibility index (Phi) is 2.59. The van der Waals surface area contributed by atoms with Gasteiger partial charge in [0.15, 0.2) is 0 Å². The lowest BCUT2D eigenvalue weighted by Crippen LogP contribution is -2.37. The summed E-state index contributed by atoms with van der Waals surface area (Å²) >= 11 is 0. The van der Waals surface area contributed by atoms with Crippen molar-refractivity contribution in [1.29, 1.82) is 0 Å². The summed E-state index contributed by atoms with van der Waals surface area (Å²) < 4.78 is 5.55. The highest BCUT2D eigenvalue weighted by molar-refractivity contribution is 6.09. The summed E-state index contributed by atoms with van der Waals surface area (Å²) in [5.74, 6) is 1.28. The molecule has 0 aromatic rings. The van der Waals surface area contributed by atoms with Crippen molar-refractivity contribution in [3.8, 4) is 0 Å². The smallest absolute Gasteiger partial charge is 0.305 e. The zero-order chi connectivity index (χ0) is 10.2. The lowest BCUT2D eigenvalue weighted by atomic mass is 9.85. The van der Waals surface area contributed by atoms with E-state index in [4.69, 9.17) is 12.6 Å². The van der Waals surface area contributed by atoms with Gasteiger partial charge in [-0.25, -0.2) is 0 Å². The molecule has 0 aliphatic heterocycles. The highest BCUT2D eigenvalue weighted by Gasteiger charge is 2.50. The summed E-state index contributed by atoms with van der Waals surface area (Å²) in [6, 6.07) is 0. The van der Waals surface area contributed by atoms with Gasteiger partial charge >= 0.3 is 5.97 Å². The molecule has 2 nitrogen and oxygen atoms in total. The molecule has 0 N–H and O–H groups in total. The molecule has 0 amide bonds. The molecular weight excluding hydrogens is 175 g/mol. The molecule has 2 fully saturated rings. The average molecular weight is 192 g/mol. The molecule has 2 radical (unpaired) electrons. The van der Waals surface area contributed by atoms with Crippen molar-refractivity contribution in [2.24, 2.45) is 11.8 Å². The van der Waals surface area contributed by atoms with Crippen molar-refractivity contribution < 1.29 is 9.53 Å². The van der Waals surface area contributed by atoms with E-state index in [0.29, 0.717) is 18.7 Å². The number of hydrogen-bond donors (Lipinski definition) is 0. The summed E-state index contributed by atoms with van der Waals surface area (Å²) in [4.78, 5) is 11.4. The molecule has 0 heterocycles. The molecule has 0 aromatic carbocycles. The Labute approximate surface area is 86.8 Å². The van der Waals surface area contributed by atoms with Crippen LogP contribution in [0.25, 0.3) is 0 Å². The molecule has 2 rings (SSSR count). The minimum atomic E-state index is -0.171. The number of ether oxygens (including phenoxy) is 1. The van der Waals surface area contributed by atoms with E-state index < -0.39 is 0 Å². The van der Waals surface area contributed by atoms with Gasteiger partial charge in [-0.15, -0.1) is 0 Å². The van der Waals surface area contributed by atoms with Crippen LogP contribution in [0, 0.1) is 11.8 Å². The van der Waals surface area contributed by atoms with Gasteiger partial charge in [0.05, 0.1) is 7.85 Å². The Balaban J connectivity index is 1.93. The van der Waals surface area contributed by atoms with Crippen molar-refractivity contribution >= 4 is 13.8 Å². The standard InChI is InChI=1S/C11H17BO2/c1-11(14-10(13)4-5-12)7-8-2-3-9(11)6-8/h8-9H,2-7H2,1H3. The zero-order valence-electron chi connectivity index (χ0n) is 8.79. The van der Waals surface area contributed by atoms with Crippen LogP contribution in [0.2, 0.25) is 6.32 Å². The summed E-state index contributed by atoms with van der Waals surface area (Å²) in [7, 11) is 5.32. The molecule has 2 bridgehead atoms. The van der Waals surface area contributed by atoms with Crippen LogP contribution in [-0.2, 0) is 9.53 Å². The third kappa shape index (κ3) is 1.69. The summed E-state index contributed by atoms with van der Waals surface area (Å²) in [5, 5.41) is 0. The van der Waals surface area contributed by atoms with Crippen LogP contribution in [0.3, 0.4) is 0 Å². The fraction of sp³-hybridized carbons (Fsp3) is 0.909. The lowest BCUT2D eigenvalue weighted by molar-refractivity contribution is -0.162. The fourth-order valence-corrected chi connectivity index (χ4v) is 3.11. The molecule has 2 aliphatic rings. The minimum Gasteiger partial charge on any atom is -0.459 e. The van der Waals surface area contributed by atoms with E-state index in [-0.39, 0.29) is 11.6 Å². The molecule has 76 valence electrons. The number of carbonyl (C=O) groups is 1. The molecule has 0 aromatic heterocycles. The van der Waals surface area contributed by atoms with Crippen molar-refractivity contribution in [1.82, 2.24) is 0 Å². The summed E-state index contributed by atoms with van der Waals surface area (Å²) in [6.07, 6.45) is 5.63. The molecule has 14 heavy (non-hydrogen) atoms. The molecular formula is C11H17BO2. The van der Waals surface area contributed by atoms with Crippen LogP contribution in [0.15, 0.2) is 0 Å². The van der Waals surface area contributed by atoms with E-state index >= 15 is 0 Å². The molecule has 3 heteroatoms.